The molecule has 0 bridgehead atoms. The van der Waals surface area contributed by atoms with E-state index in [2.05, 4.69) is 4.98 Å². The van der Waals surface area contributed by atoms with Gasteiger partial charge < -0.3 is 14.8 Å². The number of rotatable bonds is 3. The van der Waals surface area contributed by atoms with E-state index in [4.69, 9.17) is 16.3 Å². The molecule has 112 valence electrons. The lowest BCUT2D eigenvalue weighted by molar-refractivity contribution is 0.135. The number of ether oxygens (including phenoxy) is 1. The summed E-state index contributed by atoms with van der Waals surface area (Å²) >= 11 is 6.01. The number of hydrogen-bond donors (Lipinski definition) is 2. The number of methoxy groups -OCH3 is 1. The molecule has 3 aromatic rings. The first-order valence-electron chi connectivity index (χ1n) is 6.72. The second-order valence-corrected chi connectivity index (χ2v) is 5.43. The smallest absolute Gasteiger partial charge is 0.254 e. The zero-order valence-electron chi connectivity index (χ0n) is 11.8. The number of halogens is 1. The van der Waals surface area contributed by atoms with Crippen LogP contribution in [0.5, 0.6) is 5.75 Å². The average Bonchev–Trinajstić information content (AvgIpc) is 2.51. The minimum atomic E-state index is -0.521. The zero-order valence-corrected chi connectivity index (χ0v) is 12.6. The molecule has 1 aromatic heterocycles. The molecule has 0 saturated heterocycles. The Kier molecular flexibility index (Phi) is 3.88. The third-order valence-electron chi connectivity index (χ3n) is 3.55. The SMILES string of the molecule is COC(c1ccc(O)cc1)c1cc2cc(Cl)ccc2[nH]c1=O. The third-order valence-corrected chi connectivity index (χ3v) is 3.78. The Bertz CT molecular complexity index is 871. The monoisotopic (exact) mass is 315 g/mol. The molecule has 4 nitrogen and oxygen atoms in total. The van der Waals surface area contributed by atoms with E-state index in [1.165, 1.54) is 0 Å². The molecule has 0 radical (unpaired) electrons. The lowest BCUT2D eigenvalue weighted by Crippen LogP contribution is -2.18. The second kappa shape index (κ2) is 5.83. The topological polar surface area (TPSA) is 62.3 Å². The molecule has 0 spiro atoms. The molecule has 0 amide bonds. The van der Waals surface area contributed by atoms with Crippen LogP contribution >= 0.6 is 11.6 Å². The van der Waals surface area contributed by atoms with Gasteiger partial charge in [0.2, 0.25) is 0 Å². The summed E-state index contributed by atoms with van der Waals surface area (Å²) in [6.07, 6.45) is -0.521. The van der Waals surface area contributed by atoms with E-state index in [9.17, 15) is 9.90 Å². The van der Waals surface area contributed by atoms with Crippen LogP contribution in [0.4, 0.5) is 0 Å². The Labute approximate surface area is 131 Å². The zero-order chi connectivity index (χ0) is 15.7. The maximum atomic E-state index is 12.3. The van der Waals surface area contributed by atoms with E-state index >= 15 is 0 Å². The average molecular weight is 316 g/mol. The fourth-order valence-corrected chi connectivity index (χ4v) is 2.66. The van der Waals surface area contributed by atoms with Gasteiger partial charge in [-0.25, -0.2) is 0 Å². The van der Waals surface area contributed by atoms with Crippen LogP contribution < -0.4 is 5.56 Å². The molecular weight excluding hydrogens is 302 g/mol. The van der Waals surface area contributed by atoms with Gasteiger partial charge in [0.25, 0.3) is 5.56 Å². The van der Waals surface area contributed by atoms with E-state index in [-0.39, 0.29) is 11.3 Å². The Balaban J connectivity index is 2.15. The van der Waals surface area contributed by atoms with Crippen molar-refractivity contribution in [3.8, 4) is 5.75 Å². The van der Waals surface area contributed by atoms with Crippen LogP contribution in [0.1, 0.15) is 17.2 Å². The maximum absolute atomic E-state index is 12.3. The summed E-state index contributed by atoms with van der Waals surface area (Å²) in [5, 5.41) is 10.8. The van der Waals surface area contributed by atoms with Gasteiger partial charge in [-0.15, -0.1) is 0 Å². The van der Waals surface area contributed by atoms with Crippen molar-refractivity contribution in [2.75, 3.05) is 7.11 Å². The second-order valence-electron chi connectivity index (χ2n) is 4.99. The summed E-state index contributed by atoms with van der Waals surface area (Å²) in [6.45, 7) is 0. The summed E-state index contributed by atoms with van der Waals surface area (Å²) < 4.78 is 5.49. The number of fused-ring (bicyclic) bond motifs is 1. The van der Waals surface area contributed by atoms with E-state index in [1.807, 2.05) is 0 Å². The first-order valence-corrected chi connectivity index (χ1v) is 7.10. The van der Waals surface area contributed by atoms with Gasteiger partial charge in [-0.3, -0.25) is 4.79 Å². The molecule has 0 fully saturated rings. The highest BCUT2D eigenvalue weighted by atomic mass is 35.5. The van der Waals surface area contributed by atoms with Gasteiger partial charge >= 0.3 is 0 Å². The molecule has 1 unspecified atom stereocenters. The summed E-state index contributed by atoms with van der Waals surface area (Å²) in [4.78, 5) is 15.2. The van der Waals surface area contributed by atoms with E-state index in [0.717, 1.165) is 16.5 Å². The molecule has 1 heterocycles. The summed E-state index contributed by atoms with van der Waals surface area (Å²) in [5.41, 5.74) is 1.78. The van der Waals surface area contributed by atoms with Gasteiger partial charge in [-0.05, 0) is 42.0 Å². The van der Waals surface area contributed by atoms with Crippen LogP contribution in [0.25, 0.3) is 10.9 Å². The molecule has 1 atom stereocenters. The van der Waals surface area contributed by atoms with Crippen LogP contribution in [0, 0.1) is 0 Å². The van der Waals surface area contributed by atoms with Crippen molar-refractivity contribution < 1.29 is 9.84 Å². The predicted octanol–water partition coefficient (Wildman–Crippen LogP) is 3.62. The van der Waals surface area contributed by atoms with Crippen LogP contribution in [0.15, 0.2) is 53.3 Å². The van der Waals surface area contributed by atoms with Crippen molar-refractivity contribution in [3.05, 3.63) is 75.0 Å². The standard InChI is InChI=1S/C17H14ClNO3/c1-22-16(10-2-5-13(20)6-3-10)14-9-11-8-12(18)4-7-15(11)19-17(14)21/h2-9,16,20H,1H3,(H,19,21). The van der Waals surface area contributed by atoms with E-state index in [0.29, 0.717) is 10.6 Å². The largest absolute Gasteiger partial charge is 0.508 e. The highest BCUT2D eigenvalue weighted by molar-refractivity contribution is 6.31. The fraction of sp³-hybridized carbons (Fsp3) is 0.118. The van der Waals surface area contributed by atoms with Crippen molar-refractivity contribution in [1.82, 2.24) is 4.98 Å². The van der Waals surface area contributed by atoms with Gasteiger partial charge in [0, 0.05) is 23.0 Å². The lowest BCUT2D eigenvalue weighted by atomic mass is 10.0. The predicted molar refractivity (Wildman–Crippen MR) is 86.5 cm³/mol. The number of aromatic hydroxyl groups is 1. The number of H-pyrrole nitrogens is 1. The molecule has 2 aromatic carbocycles. The summed E-state index contributed by atoms with van der Waals surface area (Å²) in [6, 6.07) is 13.6. The molecule has 0 aliphatic heterocycles. The molecule has 3 rings (SSSR count). The minimum Gasteiger partial charge on any atom is -0.508 e. The summed E-state index contributed by atoms with van der Waals surface area (Å²) in [7, 11) is 1.54. The van der Waals surface area contributed by atoms with Crippen molar-refractivity contribution in [1.29, 1.82) is 0 Å². The number of aromatic amines is 1. The van der Waals surface area contributed by atoms with Crippen molar-refractivity contribution in [2.24, 2.45) is 0 Å². The molecule has 0 saturated carbocycles. The number of pyridine rings is 1. The fourth-order valence-electron chi connectivity index (χ4n) is 2.48. The van der Waals surface area contributed by atoms with Crippen molar-refractivity contribution in [2.45, 2.75) is 6.10 Å². The minimum absolute atomic E-state index is 0.165. The van der Waals surface area contributed by atoms with Gasteiger partial charge in [0.1, 0.15) is 11.9 Å². The van der Waals surface area contributed by atoms with Gasteiger partial charge in [0.15, 0.2) is 0 Å². The number of nitrogens with one attached hydrogen (secondary N) is 1. The van der Waals surface area contributed by atoms with Crippen LogP contribution in [0.3, 0.4) is 0 Å². The molecule has 5 heteroatoms. The molecular formula is C17H14ClNO3. The lowest BCUT2D eigenvalue weighted by Gasteiger charge is -2.16. The number of hydrogen-bond acceptors (Lipinski definition) is 3. The maximum Gasteiger partial charge on any atom is 0.254 e. The number of benzene rings is 2. The Hall–Kier alpha value is -2.30. The number of aromatic nitrogens is 1. The van der Waals surface area contributed by atoms with Gasteiger partial charge in [-0.2, -0.15) is 0 Å². The first-order chi connectivity index (χ1) is 10.6. The molecule has 0 aliphatic rings. The van der Waals surface area contributed by atoms with Crippen molar-refractivity contribution >= 4 is 22.5 Å². The number of phenols is 1. The van der Waals surface area contributed by atoms with Crippen LogP contribution in [-0.4, -0.2) is 17.2 Å². The van der Waals surface area contributed by atoms with E-state index in [1.54, 1.807) is 55.6 Å². The van der Waals surface area contributed by atoms with Gasteiger partial charge in [-0.1, -0.05) is 23.7 Å². The molecule has 2 N–H and O–H groups in total. The van der Waals surface area contributed by atoms with Crippen LogP contribution in [0.2, 0.25) is 5.02 Å². The normalized spacial score (nSPS) is 12.5. The van der Waals surface area contributed by atoms with Gasteiger partial charge in [0.05, 0.1) is 5.56 Å². The highest BCUT2D eigenvalue weighted by Crippen LogP contribution is 2.27. The molecule has 0 aliphatic carbocycles. The third kappa shape index (κ3) is 2.71. The van der Waals surface area contributed by atoms with E-state index < -0.39 is 6.10 Å². The quantitative estimate of drug-likeness (QED) is 0.776. The Morgan fingerprint density at radius 3 is 2.55 bits per heavy atom. The number of phenolic OH excluding ortho intramolecular Hbond substituents is 1. The first kappa shape index (κ1) is 14.6. The highest BCUT2D eigenvalue weighted by Gasteiger charge is 2.17. The Morgan fingerprint density at radius 2 is 1.86 bits per heavy atom. The Morgan fingerprint density at radius 1 is 1.14 bits per heavy atom. The van der Waals surface area contributed by atoms with Crippen LogP contribution in [-0.2, 0) is 4.74 Å². The summed E-state index contributed by atoms with van der Waals surface area (Å²) in [5.74, 6) is 0.165. The van der Waals surface area contributed by atoms with Crippen molar-refractivity contribution in [3.63, 3.8) is 0 Å². The molecule has 22 heavy (non-hydrogen) atoms.